The van der Waals surface area contributed by atoms with E-state index in [2.05, 4.69) is 32.9 Å². The number of thiophene rings is 1. The van der Waals surface area contributed by atoms with Crippen LogP contribution in [0, 0.1) is 6.92 Å². The van der Waals surface area contributed by atoms with Crippen LogP contribution in [0.15, 0.2) is 12.1 Å². The van der Waals surface area contributed by atoms with Crippen LogP contribution in [0.5, 0.6) is 0 Å². The van der Waals surface area contributed by atoms with Crippen molar-refractivity contribution < 1.29 is 4.74 Å². The highest BCUT2D eigenvalue weighted by molar-refractivity contribution is 7.12. The number of hydrogen-bond acceptors (Lipinski definition) is 2. The van der Waals surface area contributed by atoms with E-state index in [9.17, 15) is 0 Å². The van der Waals surface area contributed by atoms with Crippen molar-refractivity contribution in [3.05, 3.63) is 21.9 Å². The molecule has 1 aromatic heterocycles. The lowest BCUT2D eigenvalue weighted by Crippen LogP contribution is -1.97. The maximum atomic E-state index is 5.42. The molecule has 3 unspecified atom stereocenters. The van der Waals surface area contributed by atoms with Crippen molar-refractivity contribution in [2.75, 3.05) is 0 Å². The van der Waals surface area contributed by atoms with Gasteiger partial charge in [-0.2, -0.15) is 0 Å². The van der Waals surface area contributed by atoms with Crippen LogP contribution in [-0.2, 0) is 4.74 Å². The predicted molar refractivity (Wildman–Crippen MR) is 56.4 cm³/mol. The van der Waals surface area contributed by atoms with Gasteiger partial charge in [0.25, 0.3) is 0 Å². The van der Waals surface area contributed by atoms with Gasteiger partial charge in [0.15, 0.2) is 0 Å². The second kappa shape index (κ2) is 3.43. The average molecular weight is 196 g/mol. The second-order valence-electron chi connectivity index (χ2n) is 3.96. The summed E-state index contributed by atoms with van der Waals surface area (Å²) in [4.78, 5) is 2.91. The molecule has 0 spiro atoms. The van der Waals surface area contributed by atoms with Crippen molar-refractivity contribution in [2.45, 2.75) is 45.3 Å². The summed E-state index contributed by atoms with van der Waals surface area (Å²) in [7, 11) is 0. The molecule has 1 fully saturated rings. The summed E-state index contributed by atoms with van der Waals surface area (Å²) in [6, 6.07) is 4.45. The van der Waals surface area contributed by atoms with Crippen molar-refractivity contribution in [2.24, 2.45) is 0 Å². The van der Waals surface area contributed by atoms with Crippen molar-refractivity contribution in [3.8, 4) is 0 Å². The molecule has 3 atom stereocenters. The van der Waals surface area contributed by atoms with Gasteiger partial charge >= 0.3 is 0 Å². The van der Waals surface area contributed by atoms with Gasteiger partial charge in [0.1, 0.15) is 0 Å². The van der Waals surface area contributed by atoms with E-state index in [1.54, 1.807) is 0 Å². The molecule has 13 heavy (non-hydrogen) atoms. The monoisotopic (exact) mass is 196 g/mol. The summed E-state index contributed by atoms with van der Waals surface area (Å²) in [6.07, 6.45) is 2.21. The Kier molecular flexibility index (Phi) is 2.43. The number of epoxide rings is 1. The highest BCUT2D eigenvalue weighted by Gasteiger charge is 2.35. The normalized spacial score (nSPS) is 28.8. The van der Waals surface area contributed by atoms with Crippen molar-refractivity contribution in [1.29, 1.82) is 0 Å². The lowest BCUT2D eigenvalue weighted by Gasteiger charge is -2.05. The maximum Gasteiger partial charge on any atom is 0.0845 e. The standard InChI is InChI=1S/C11H16OS/c1-7(6-10-9(3)12-10)11-5-4-8(2)13-11/h4-5,7,9-10H,6H2,1-3H3. The molecule has 0 aromatic carbocycles. The molecule has 1 aliphatic heterocycles. The van der Waals surface area contributed by atoms with Gasteiger partial charge in [-0.1, -0.05) is 6.92 Å². The molecule has 0 N–H and O–H groups in total. The molecule has 0 aliphatic carbocycles. The molecule has 0 amide bonds. The van der Waals surface area contributed by atoms with Crippen LogP contribution in [0.3, 0.4) is 0 Å². The van der Waals surface area contributed by atoms with Crippen LogP contribution in [0.2, 0.25) is 0 Å². The highest BCUT2D eigenvalue weighted by atomic mass is 32.1. The van der Waals surface area contributed by atoms with Gasteiger partial charge in [-0.3, -0.25) is 0 Å². The molecule has 2 heterocycles. The number of rotatable bonds is 3. The van der Waals surface area contributed by atoms with Gasteiger partial charge in [0.05, 0.1) is 12.2 Å². The van der Waals surface area contributed by atoms with Crippen molar-refractivity contribution in [1.82, 2.24) is 0 Å². The Morgan fingerprint density at radius 2 is 2.23 bits per heavy atom. The topological polar surface area (TPSA) is 12.5 Å². The van der Waals surface area contributed by atoms with E-state index in [1.807, 2.05) is 11.3 Å². The molecule has 2 heteroatoms. The van der Waals surface area contributed by atoms with Crippen LogP contribution in [0.4, 0.5) is 0 Å². The molecule has 2 rings (SSSR count). The van der Waals surface area contributed by atoms with Crippen LogP contribution in [0.25, 0.3) is 0 Å². The van der Waals surface area contributed by atoms with Gasteiger partial charge in [-0.25, -0.2) is 0 Å². The summed E-state index contributed by atoms with van der Waals surface area (Å²) in [6.45, 7) is 6.61. The summed E-state index contributed by atoms with van der Waals surface area (Å²) in [5.74, 6) is 0.661. The lowest BCUT2D eigenvalue weighted by atomic mass is 10.0. The molecular formula is C11H16OS. The quantitative estimate of drug-likeness (QED) is 0.675. The Hall–Kier alpha value is -0.340. The van der Waals surface area contributed by atoms with Crippen LogP contribution in [-0.4, -0.2) is 12.2 Å². The molecular weight excluding hydrogens is 180 g/mol. The number of hydrogen-bond donors (Lipinski definition) is 0. The van der Waals surface area contributed by atoms with E-state index in [-0.39, 0.29) is 0 Å². The van der Waals surface area contributed by atoms with Crippen LogP contribution in [0.1, 0.15) is 35.9 Å². The minimum Gasteiger partial charge on any atom is -0.370 e. The lowest BCUT2D eigenvalue weighted by molar-refractivity contribution is 0.363. The minimum atomic E-state index is 0.503. The zero-order valence-corrected chi connectivity index (χ0v) is 9.23. The summed E-state index contributed by atoms with van der Waals surface area (Å²) < 4.78 is 5.42. The summed E-state index contributed by atoms with van der Waals surface area (Å²) >= 11 is 1.91. The number of aryl methyl sites for hydroxylation is 1. The van der Waals surface area contributed by atoms with Gasteiger partial charge in [0, 0.05) is 9.75 Å². The van der Waals surface area contributed by atoms with Crippen LogP contribution >= 0.6 is 11.3 Å². The first-order chi connectivity index (χ1) is 6.16. The van der Waals surface area contributed by atoms with E-state index < -0.39 is 0 Å². The fraction of sp³-hybridized carbons (Fsp3) is 0.636. The third-order valence-electron chi connectivity index (χ3n) is 2.67. The Morgan fingerprint density at radius 1 is 1.54 bits per heavy atom. The van der Waals surface area contributed by atoms with E-state index in [1.165, 1.54) is 16.2 Å². The second-order valence-corrected chi connectivity index (χ2v) is 5.28. The summed E-state index contributed by atoms with van der Waals surface area (Å²) in [5, 5.41) is 0. The third-order valence-corrected chi connectivity index (χ3v) is 3.90. The first kappa shape index (κ1) is 9.22. The predicted octanol–water partition coefficient (Wildman–Crippen LogP) is 3.34. The Bertz CT molecular complexity index is 292. The van der Waals surface area contributed by atoms with E-state index in [0.717, 1.165) is 0 Å². The largest absolute Gasteiger partial charge is 0.370 e. The van der Waals surface area contributed by atoms with Crippen LogP contribution < -0.4 is 0 Å². The average Bonchev–Trinajstić information content (AvgIpc) is 2.62. The molecule has 1 aromatic rings. The Balaban J connectivity index is 1.93. The van der Waals surface area contributed by atoms with Gasteiger partial charge in [-0.15, -0.1) is 11.3 Å². The van der Waals surface area contributed by atoms with E-state index in [4.69, 9.17) is 4.74 Å². The smallest absolute Gasteiger partial charge is 0.0845 e. The zero-order chi connectivity index (χ0) is 9.42. The Morgan fingerprint density at radius 3 is 2.69 bits per heavy atom. The van der Waals surface area contributed by atoms with Crippen molar-refractivity contribution >= 4 is 11.3 Å². The molecule has 1 aliphatic rings. The van der Waals surface area contributed by atoms with E-state index >= 15 is 0 Å². The van der Waals surface area contributed by atoms with Gasteiger partial charge in [0.2, 0.25) is 0 Å². The molecule has 0 radical (unpaired) electrons. The molecule has 0 bridgehead atoms. The maximum absolute atomic E-state index is 5.42. The molecule has 0 saturated carbocycles. The molecule has 1 nitrogen and oxygen atoms in total. The minimum absolute atomic E-state index is 0.503. The molecule has 1 saturated heterocycles. The van der Waals surface area contributed by atoms with Gasteiger partial charge in [-0.05, 0) is 38.3 Å². The third kappa shape index (κ3) is 2.12. The first-order valence-electron chi connectivity index (χ1n) is 4.88. The zero-order valence-electron chi connectivity index (χ0n) is 8.41. The van der Waals surface area contributed by atoms with Gasteiger partial charge < -0.3 is 4.74 Å². The summed E-state index contributed by atoms with van der Waals surface area (Å²) in [5.41, 5.74) is 0. The number of ether oxygens (including phenoxy) is 1. The SMILES string of the molecule is Cc1ccc(C(C)CC2OC2C)s1. The molecule has 72 valence electrons. The van der Waals surface area contributed by atoms with E-state index in [0.29, 0.717) is 18.1 Å². The van der Waals surface area contributed by atoms with Crippen molar-refractivity contribution in [3.63, 3.8) is 0 Å². The fourth-order valence-corrected chi connectivity index (χ4v) is 2.60. The first-order valence-corrected chi connectivity index (χ1v) is 5.70. The Labute approximate surface area is 83.7 Å². The fourth-order valence-electron chi connectivity index (χ4n) is 1.66. The highest BCUT2D eigenvalue weighted by Crippen LogP contribution is 2.34.